The van der Waals surface area contributed by atoms with Gasteiger partial charge in [0.2, 0.25) is 0 Å². The number of nitrogens with zero attached hydrogens (tertiary/aromatic N) is 1. The summed E-state index contributed by atoms with van der Waals surface area (Å²) in [6.45, 7) is 8.90. The van der Waals surface area contributed by atoms with Crippen molar-refractivity contribution < 1.29 is 0 Å². The van der Waals surface area contributed by atoms with Gasteiger partial charge in [-0.3, -0.25) is 4.90 Å². The quantitative estimate of drug-likeness (QED) is 0.763. The highest BCUT2D eigenvalue weighted by Crippen LogP contribution is 2.25. The van der Waals surface area contributed by atoms with E-state index < -0.39 is 0 Å². The molecule has 2 nitrogen and oxygen atoms in total. The van der Waals surface area contributed by atoms with Crippen molar-refractivity contribution in [1.29, 1.82) is 0 Å². The summed E-state index contributed by atoms with van der Waals surface area (Å²) in [5, 5.41) is 5.64. The third-order valence-electron chi connectivity index (χ3n) is 3.39. The van der Waals surface area contributed by atoms with Crippen molar-refractivity contribution >= 4 is 11.3 Å². The highest BCUT2D eigenvalue weighted by atomic mass is 32.1. The summed E-state index contributed by atoms with van der Waals surface area (Å²) >= 11 is 1.86. The summed E-state index contributed by atoms with van der Waals surface area (Å²) in [6, 6.07) is 5.54. The lowest BCUT2D eigenvalue weighted by Crippen LogP contribution is -2.41. The second-order valence-corrected chi connectivity index (χ2v) is 5.59. The summed E-state index contributed by atoms with van der Waals surface area (Å²) in [7, 11) is 2.25. The van der Waals surface area contributed by atoms with E-state index in [1.165, 1.54) is 17.7 Å². The largest absolute Gasteiger partial charge is 0.315 e. The molecule has 1 aromatic heterocycles. The first kappa shape index (κ1) is 14.7. The molecule has 17 heavy (non-hydrogen) atoms. The normalized spacial score (nSPS) is 15.1. The molecule has 98 valence electrons. The Morgan fingerprint density at radius 3 is 2.71 bits per heavy atom. The monoisotopic (exact) mass is 254 g/mol. The van der Waals surface area contributed by atoms with E-state index in [2.05, 4.69) is 55.5 Å². The van der Waals surface area contributed by atoms with Crippen LogP contribution in [-0.4, -0.2) is 31.1 Å². The predicted molar refractivity (Wildman–Crippen MR) is 77.7 cm³/mol. The first-order chi connectivity index (χ1) is 8.20. The van der Waals surface area contributed by atoms with E-state index in [4.69, 9.17) is 0 Å². The van der Waals surface area contributed by atoms with Crippen LogP contribution in [-0.2, 0) is 0 Å². The first-order valence-electron chi connectivity index (χ1n) is 6.66. The lowest BCUT2D eigenvalue weighted by molar-refractivity contribution is 0.173. The number of nitrogens with one attached hydrogen (secondary N) is 1. The van der Waals surface area contributed by atoms with E-state index in [-0.39, 0.29) is 0 Å². The van der Waals surface area contributed by atoms with Gasteiger partial charge in [0.25, 0.3) is 0 Å². The number of thiophene rings is 1. The maximum absolute atomic E-state index is 3.48. The molecule has 1 heterocycles. The summed E-state index contributed by atoms with van der Waals surface area (Å²) in [5.41, 5.74) is 0. The van der Waals surface area contributed by atoms with E-state index in [0.29, 0.717) is 12.1 Å². The van der Waals surface area contributed by atoms with Crippen molar-refractivity contribution in [2.75, 3.05) is 20.1 Å². The molecule has 0 aliphatic heterocycles. The smallest absolute Gasteiger partial charge is 0.0413 e. The average molecular weight is 254 g/mol. The van der Waals surface area contributed by atoms with Gasteiger partial charge in [-0.05, 0) is 38.4 Å². The molecule has 0 aliphatic carbocycles. The van der Waals surface area contributed by atoms with Crippen LogP contribution in [0.2, 0.25) is 0 Å². The van der Waals surface area contributed by atoms with Crippen LogP contribution >= 0.6 is 11.3 Å². The number of hydrogen-bond acceptors (Lipinski definition) is 3. The van der Waals surface area contributed by atoms with Gasteiger partial charge in [-0.25, -0.2) is 0 Å². The van der Waals surface area contributed by atoms with Crippen LogP contribution in [0.5, 0.6) is 0 Å². The molecule has 1 N–H and O–H groups in total. The predicted octanol–water partition coefficient (Wildman–Crippen LogP) is 3.52. The average Bonchev–Trinajstić information content (AvgIpc) is 2.86. The van der Waals surface area contributed by atoms with Crippen LogP contribution in [0.3, 0.4) is 0 Å². The van der Waals surface area contributed by atoms with Crippen LogP contribution < -0.4 is 5.32 Å². The Morgan fingerprint density at radius 2 is 2.18 bits per heavy atom. The number of rotatable bonds is 8. The zero-order valence-corrected chi connectivity index (χ0v) is 12.4. The molecule has 0 amide bonds. The lowest BCUT2D eigenvalue weighted by atomic mass is 10.1. The molecule has 2 atom stereocenters. The number of likely N-dealkylation sites (N-methyl/N-ethyl adjacent to an activating group) is 2. The van der Waals surface area contributed by atoms with E-state index in [0.717, 1.165) is 13.1 Å². The second kappa shape index (κ2) is 7.85. The Morgan fingerprint density at radius 1 is 1.41 bits per heavy atom. The van der Waals surface area contributed by atoms with Gasteiger partial charge in [0, 0.05) is 23.5 Å². The van der Waals surface area contributed by atoms with E-state index >= 15 is 0 Å². The Balaban J connectivity index is 2.59. The highest BCUT2D eigenvalue weighted by molar-refractivity contribution is 7.10. The fourth-order valence-corrected chi connectivity index (χ4v) is 2.97. The topological polar surface area (TPSA) is 15.3 Å². The fourth-order valence-electron chi connectivity index (χ4n) is 2.14. The van der Waals surface area contributed by atoms with Gasteiger partial charge in [-0.1, -0.05) is 26.3 Å². The molecule has 2 unspecified atom stereocenters. The molecular weight excluding hydrogens is 228 g/mol. The molecule has 3 heteroatoms. The molecule has 0 bridgehead atoms. The molecule has 1 rings (SSSR count). The van der Waals surface area contributed by atoms with E-state index in [1.807, 2.05) is 11.3 Å². The van der Waals surface area contributed by atoms with Gasteiger partial charge in [0.15, 0.2) is 0 Å². The zero-order valence-electron chi connectivity index (χ0n) is 11.6. The summed E-state index contributed by atoms with van der Waals surface area (Å²) < 4.78 is 0. The maximum atomic E-state index is 3.48. The van der Waals surface area contributed by atoms with Crippen LogP contribution in [0.1, 0.15) is 44.5 Å². The van der Waals surface area contributed by atoms with Gasteiger partial charge < -0.3 is 5.32 Å². The molecular formula is C14H26N2S. The van der Waals surface area contributed by atoms with E-state index in [9.17, 15) is 0 Å². The standard InChI is InChI=1S/C14H26N2S/c1-5-8-13(11-15-6-2)16(4)12(3)14-9-7-10-17-14/h7,9-10,12-13,15H,5-6,8,11H2,1-4H3. The fraction of sp³-hybridized carbons (Fsp3) is 0.714. The van der Waals surface area contributed by atoms with Gasteiger partial charge in [0.1, 0.15) is 0 Å². The minimum atomic E-state index is 0.519. The van der Waals surface area contributed by atoms with Gasteiger partial charge >= 0.3 is 0 Å². The minimum Gasteiger partial charge on any atom is -0.315 e. The third-order valence-corrected chi connectivity index (χ3v) is 4.44. The van der Waals surface area contributed by atoms with Gasteiger partial charge in [-0.15, -0.1) is 11.3 Å². The van der Waals surface area contributed by atoms with Crippen molar-refractivity contribution in [1.82, 2.24) is 10.2 Å². The summed E-state index contributed by atoms with van der Waals surface area (Å²) in [5.74, 6) is 0. The SMILES string of the molecule is CCCC(CNCC)N(C)C(C)c1cccs1. The molecule has 0 aromatic carbocycles. The molecule has 0 spiro atoms. The van der Waals surface area contributed by atoms with Crippen molar-refractivity contribution in [2.24, 2.45) is 0 Å². The Bertz CT molecular complexity index is 284. The zero-order chi connectivity index (χ0) is 12.7. The Hall–Kier alpha value is -0.380. The van der Waals surface area contributed by atoms with Crippen LogP contribution in [0, 0.1) is 0 Å². The van der Waals surface area contributed by atoms with Gasteiger partial charge in [0.05, 0.1) is 0 Å². The molecule has 0 radical (unpaired) electrons. The Kier molecular flexibility index (Phi) is 6.78. The van der Waals surface area contributed by atoms with E-state index in [1.54, 1.807) is 0 Å². The van der Waals surface area contributed by atoms with Crippen LogP contribution in [0.4, 0.5) is 0 Å². The minimum absolute atomic E-state index is 0.519. The number of hydrogen-bond donors (Lipinski definition) is 1. The summed E-state index contributed by atoms with van der Waals surface area (Å²) in [6.07, 6.45) is 2.51. The molecule has 0 saturated heterocycles. The summed E-state index contributed by atoms with van der Waals surface area (Å²) in [4.78, 5) is 3.97. The van der Waals surface area contributed by atoms with Crippen LogP contribution in [0.25, 0.3) is 0 Å². The molecule has 0 aliphatic rings. The van der Waals surface area contributed by atoms with Gasteiger partial charge in [-0.2, -0.15) is 0 Å². The Labute approximate surface area is 110 Å². The van der Waals surface area contributed by atoms with Crippen molar-refractivity contribution in [3.8, 4) is 0 Å². The molecule has 0 fully saturated rings. The third kappa shape index (κ3) is 4.41. The highest BCUT2D eigenvalue weighted by Gasteiger charge is 2.20. The second-order valence-electron chi connectivity index (χ2n) is 4.61. The van der Waals surface area contributed by atoms with Crippen molar-refractivity contribution in [3.05, 3.63) is 22.4 Å². The van der Waals surface area contributed by atoms with Crippen molar-refractivity contribution in [2.45, 2.75) is 45.7 Å². The maximum Gasteiger partial charge on any atom is 0.0413 e. The van der Waals surface area contributed by atoms with Crippen LogP contribution in [0.15, 0.2) is 17.5 Å². The molecule has 0 saturated carbocycles. The lowest BCUT2D eigenvalue weighted by Gasteiger charge is -2.33. The molecule has 1 aromatic rings. The first-order valence-corrected chi connectivity index (χ1v) is 7.54. The van der Waals surface area contributed by atoms with Crippen molar-refractivity contribution in [3.63, 3.8) is 0 Å².